The van der Waals surface area contributed by atoms with Gasteiger partial charge >= 0.3 is 0 Å². The molecule has 16 heavy (non-hydrogen) atoms. The van der Waals surface area contributed by atoms with Crippen molar-refractivity contribution in [2.24, 2.45) is 0 Å². The average molecular weight is 254 g/mol. The minimum Gasteiger partial charge on any atom is -0.457 e. The minimum atomic E-state index is 0.478. The van der Waals surface area contributed by atoms with Crippen LogP contribution < -0.4 is 10.5 Å². The molecule has 2 N–H and O–H groups in total. The van der Waals surface area contributed by atoms with E-state index in [1.54, 1.807) is 42.5 Å². The van der Waals surface area contributed by atoms with Gasteiger partial charge in [-0.05, 0) is 36.4 Å². The van der Waals surface area contributed by atoms with E-state index in [9.17, 15) is 0 Å². The van der Waals surface area contributed by atoms with Gasteiger partial charge in [-0.1, -0.05) is 23.2 Å². The van der Waals surface area contributed by atoms with E-state index in [2.05, 4.69) is 0 Å². The first-order valence-electron chi connectivity index (χ1n) is 4.63. The van der Waals surface area contributed by atoms with Crippen molar-refractivity contribution in [3.05, 3.63) is 52.5 Å². The molecule has 2 nitrogen and oxygen atoms in total. The molecule has 0 amide bonds. The van der Waals surface area contributed by atoms with E-state index in [1.807, 2.05) is 0 Å². The normalized spacial score (nSPS) is 10.1. The molecule has 2 aromatic carbocycles. The van der Waals surface area contributed by atoms with Crippen molar-refractivity contribution in [2.75, 3.05) is 5.73 Å². The highest BCUT2D eigenvalue weighted by molar-refractivity contribution is 6.33. The van der Waals surface area contributed by atoms with Gasteiger partial charge in [-0.2, -0.15) is 0 Å². The molecule has 0 bridgehead atoms. The Hall–Kier alpha value is -1.38. The SMILES string of the molecule is Nc1ccc(Oc2ccc(Cl)cc2)cc1Cl. The van der Waals surface area contributed by atoms with Gasteiger partial charge in [0.25, 0.3) is 0 Å². The molecule has 0 heterocycles. The summed E-state index contributed by atoms with van der Waals surface area (Å²) in [6, 6.07) is 12.2. The van der Waals surface area contributed by atoms with Crippen molar-refractivity contribution in [2.45, 2.75) is 0 Å². The third kappa shape index (κ3) is 2.60. The molecule has 0 radical (unpaired) electrons. The molecule has 0 aromatic heterocycles. The Bertz CT molecular complexity index is 497. The van der Waals surface area contributed by atoms with Gasteiger partial charge in [0, 0.05) is 11.1 Å². The van der Waals surface area contributed by atoms with Crippen LogP contribution in [0.4, 0.5) is 5.69 Å². The Morgan fingerprint density at radius 2 is 1.50 bits per heavy atom. The summed E-state index contributed by atoms with van der Waals surface area (Å²) in [6.07, 6.45) is 0. The number of halogens is 2. The minimum absolute atomic E-state index is 0.478. The lowest BCUT2D eigenvalue weighted by atomic mass is 10.3. The number of nitrogens with two attached hydrogens (primary N) is 1. The smallest absolute Gasteiger partial charge is 0.129 e. The van der Waals surface area contributed by atoms with Gasteiger partial charge in [-0.25, -0.2) is 0 Å². The standard InChI is InChI=1S/C12H9Cl2NO/c13-8-1-3-9(4-2-8)16-10-5-6-12(15)11(14)7-10/h1-7H,15H2. The van der Waals surface area contributed by atoms with Gasteiger partial charge in [0.05, 0.1) is 10.7 Å². The van der Waals surface area contributed by atoms with Crippen LogP contribution >= 0.6 is 23.2 Å². The first-order valence-corrected chi connectivity index (χ1v) is 5.39. The monoisotopic (exact) mass is 253 g/mol. The number of anilines is 1. The number of ether oxygens (including phenoxy) is 1. The third-order valence-corrected chi connectivity index (χ3v) is 2.60. The molecule has 0 aliphatic rings. The number of rotatable bonds is 2. The summed E-state index contributed by atoms with van der Waals surface area (Å²) < 4.78 is 5.57. The van der Waals surface area contributed by atoms with Gasteiger partial charge in [-0.3, -0.25) is 0 Å². The van der Waals surface area contributed by atoms with Crippen molar-refractivity contribution in [1.82, 2.24) is 0 Å². The molecule has 0 fully saturated rings. The summed E-state index contributed by atoms with van der Waals surface area (Å²) in [5.74, 6) is 1.34. The summed E-state index contributed by atoms with van der Waals surface area (Å²) in [5, 5.41) is 1.15. The van der Waals surface area contributed by atoms with Crippen LogP contribution in [-0.4, -0.2) is 0 Å². The van der Waals surface area contributed by atoms with E-state index < -0.39 is 0 Å². The number of hydrogen-bond acceptors (Lipinski definition) is 2. The van der Waals surface area contributed by atoms with Crippen molar-refractivity contribution in [1.29, 1.82) is 0 Å². The second-order valence-corrected chi connectivity index (χ2v) is 4.08. The maximum absolute atomic E-state index is 5.88. The van der Waals surface area contributed by atoms with Gasteiger partial charge in [-0.15, -0.1) is 0 Å². The second kappa shape index (κ2) is 4.64. The number of nitrogen functional groups attached to an aromatic ring is 1. The van der Waals surface area contributed by atoms with E-state index in [-0.39, 0.29) is 0 Å². The van der Waals surface area contributed by atoms with E-state index in [0.717, 1.165) is 0 Å². The zero-order valence-corrected chi connectivity index (χ0v) is 9.79. The number of hydrogen-bond donors (Lipinski definition) is 1. The topological polar surface area (TPSA) is 35.2 Å². The van der Waals surface area contributed by atoms with Gasteiger partial charge in [0.1, 0.15) is 11.5 Å². The first-order chi connectivity index (χ1) is 7.65. The predicted octanol–water partition coefficient (Wildman–Crippen LogP) is 4.37. The van der Waals surface area contributed by atoms with Crippen molar-refractivity contribution in [3.63, 3.8) is 0 Å². The van der Waals surface area contributed by atoms with Gasteiger partial charge < -0.3 is 10.5 Å². The van der Waals surface area contributed by atoms with Crippen LogP contribution in [0.1, 0.15) is 0 Å². The van der Waals surface area contributed by atoms with Crippen LogP contribution in [0, 0.1) is 0 Å². The van der Waals surface area contributed by atoms with Crippen LogP contribution in [0.5, 0.6) is 11.5 Å². The molecule has 4 heteroatoms. The number of benzene rings is 2. The second-order valence-electron chi connectivity index (χ2n) is 3.24. The highest BCUT2D eigenvalue weighted by atomic mass is 35.5. The molecule has 2 aromatic rings. The maximum Gasteiger partial charge on any atom is 0.129 e. The summed E-state index contributed by atoms with van der Waals surface area (Å²) in [6.45, 7) is 0. The molecule has 0 atom stereocenters. The lowest BCUT2D eigenvalue weighted by Crippen LogP contribution is -1.88. The third-order valence-electron chi connectivity index (χ3n) is 2.02. The van der Waals surface area contributed by atoms with Crippen molar-refractivity contribution >= 4 is 28.9 Å². The van der Waals surface area contributed by atoms with Crippen LogP contribution in [0.15, 0.2) is 42.5 Å². The molecule has 0 aliphatic carbocycles. The molecule has 2 rings (SSSR count). The maximum atomic E-state index is 5.88. The average Bonchev–Trinajstić information content (AvgIpc) is 2.27. The fourth-order valence-corrected chi connectivity index (χ4v) is 1.51. The van der Waals surface area contributed by atoms with E-state index in [0.29, 0.717) is 27.2 Å². The fraction of sp³-hybridized carbons (Fsp3) is 0. The highest BCUT2D eigenvalue weighted by Crippen LogP contribution is 2.28. The molecule has 0 unspecified atom stereocenters. The van der Waals surface area contributed by atoms with Crippen LogP contribution in [0.2, 0.25) is 10.0 Å². The molecule has 0 spiro atoms. The fourth-order valence-electron chi connectivity index (χ4n) is 1.21. The molecular formula is C12H9Cl2NO. The summed E-state index contributed by atoms with van der Waals surface area (Å²) in [7, 11) is 0. The Kier molecular flexibility index (Phi) is 3.22. The predicted molar refractivity (Wildman–Crippen MR) is 67.4 cm³/mol. The van der Waals surface area contributed by atoms with Crippen molar-refractivity contribution < 1.29 is 4.74 Å². The molecule has 0 saturated heterocycles. The molecule has 0 aliphatic heterocycles. The van der Waals surface area contributed by atoms with Crippen LogP contribution in [0.3, 0.4) is 0 Å². The lowest BCUT2D eigenvalue weighted by molar-refractivity contribution is 0.483. The zero-order chi connectivity index (χ0) is 11.5. The van der Waals surface area contributed by atoms with E-state index >= 15 is 0 Å². The summed E-state index contributed by atoms with van der Waals surface area (Å²) in [5.41, 5.74) is 6.13. The molecule has 82 valence electrons. The Morgan fingerprint density at radius 1 is 0.875 bits per heavy atom. The van der Waals surface area contributed by atoms with Crippen molar-refractivity contribution in [3.8, 4) is 11.5 Å². The van der Waals surface area contributed by atoms with Crippen LogP contribution in [0.25, 0.3) is 0 Å². The van der Waals surface area contributed by atoms with Crippen LogP contribution in [-0.2, 0) is 0 Å². The lowest BCUT2D eigenvalue weighted by Gasteiger charge is -2.06. The first kappa shape index (κ1) is 11.1. The van der Waals surface area contributed by atoms with E-state index in [1.165, 1.54) is 0 Å². The molecule has 0 saturated carbocycles. The van der Waals surface area contributed by atoms with Gasteiger partial charge in [0.2, 0.25) is 0 Å². The van der Waals surface area contributed by atoms with E-state index in [4.69, 9.17) is 33.7 Å². The Labute approximate surface area is 104 Å². The zero-order valence-electron chi connectivity index (χ0n) is 8.28. The van der Waals surface area contributed by atoms with Gasteiger partial charge in [0.15, 0.2) is 0 Å². The Morgan fingerprint density at radius 3 is 2.12 bits per heavy atom. The Balaban J connectivity index is 2.20. The quantitative estimate of drug-likeness (QED) is 0.807. The summed E-state index contributed by atoms with van der Waals surface area (Å²) in [4.78, 5) is 0. The highest BCUT2D eigenvalue weighted by Gasteiger charge is 2.00. The molecular weight excluding hydrogens is 245 g/mol. The summed E-state index contributed by atoms with van der Waals surface area (Å²) >= 11 is 11.6. The largest absolute Gasteiger partial charge is 0.457 e.